The van der Waals surface area contributed by atoms with Gasteiger partial charge in [-0.1, -0.05) is 18.2 Å². The molecule has 3 heterocycles. The van der Waals surface area contributed by atoms with E-state index in [9.17, 15) is 18.3 Å². The SMILES string of the molecule is OC(Nc1cnccn1)c1nccn2cc(-c3ccccc3C(F)(F)F)nc12. The number of anilines is 1. The van der Waals surface area contributed by atoms with Gasteiger partial charge in [-0.05, 0) is 6.07 Å². The highest BCUT2D eigenvalue weighted by molar-refractivity contribution is 5.67. The Morgan fingerprint density at radius 1 is 1.07 bits per heavy atom. The number of alkyl halides is 3. The molecule has 0 aliphatic heterocycles. The summed E-state index contributed by atoms with van der Waals surface area (Å²) in [4.78, 5) is 16.3. The first-order valence-corrected chi connectivity index (χ1v) is 8.14. The molecule has 0 amide bonds. The van der Waals surface area contributed by atoms with Crippen molar-refractivity contribution in [2.24, 2.45) is 0 Å². The molecule has 1 aromatic carbocycles. The number of nitrogens with one attached hydrogen (secondary N) is 1. The highest BCUT2D eigenvalue weighted by Gasteiger charge is 2.34. The highest BCUT2D eigenvalue weighted by atomic mass is 19.4. The smallest absolute Gasteiger partial charge is 0.368 e. The summed E-state index contributed by atoms with van der Waals surface area (Å²) in [6.07, 6.45) is 2.97. The van der Waals surface area contributed by atoms with Gasteiger partial charge in [-0.25, -0.2) is 9.97 Å². The molecule has 1 unspecified atom stereocenters. The number of imidazole rings is 1. The summed E-state index contributed by atoms with van der Waals surface area (Å²) in [6, 6.07) is 5.19. The molecule has 4 aromatic rings. The first-order valence-electron chi connectivity index (χ1n) is 8.14. The minimum Gasteiger partial charge on any atom is -0.368 e. The van der Waals surface area contributed by atoms with Crippen molar-refractivity contribution in [3.8, 4) is 11.3 Å². The van der Waals surface area contributed by atoms with Crippen LogP contribution >= 0.6 is 0 Å². The van der Waals surface area contributed by atoms with Crippen LogP contribution in [0.25, 0.3) is 16.9 Å². The monoisotopic (exact) mass is 386 g/mol. The summed E-state index contributed by atoms with van der Waals surface area (Å²) in [6.45, 7) is 0. The van der Waals surface area contributed by atoms with Gasteiger partial charge >= 0.3 is 6.18 Å². The number of hydrogen-bond acceptors (Lipinski definition) is 6. The van der Waals surface area contributed by atoms with E-state index in [2.05, 4.69) is 25.3 Å². The van der Waals surface area contributed by atoms with E-state index in [4.69, 9.17) is 0 Å². The number of nitrogens with zero attached hydrogens (tertiary/aromatic N) is 5. The first kappa shape index (κ1) is 17.9. The molecule has 0 fully saturated rings. The van der Waals surface area contributed by atoms with Gasteiger partial charge < -0.3 is 14.8 Å². The Balaban J connectivity index is 1.76. The fourth-order valence-electron chi connectivity index (χ4n) is 2.80. The maximum Gasteiger partial charge on any atom is 0.417 e. The zero-order valence-corrected chi connectivity index (χ0v) is 14.2. The summed E-state index contributed by atoms with van der Waals surface area (Å²) in [7, 11) is 0. The number of halogens is 3. The molecule has 4 rings (SSSR count). The fourth-order valence-corrected chi connectivity index (χ4v) is 2.80. The zero-order chi connectivity index (χ0) is 19.7. The van der Waals surface area contributed by atoms with Crippen LogP contribution in [0, 0.1) is 0 Å². The van der Waals surface area contributed by atoms with Crippen LogP contribution in [0.4, 0.5) is 19.0 Å². The van der Waals surface area contributed by atoms with Crippen LogP contribution in [0.15, 0.2) is 61.4 Å². The van der Waals surface area contributed by atoms with E-state index in [1.165, 1.54) is 53.6 Å². The van der Waals surface area contributed by atoms with Crippen molar-refractivity contribution in [3.05, 3.63) is 72.7 Å². The molecule has 142 valence electrons. The van der Waals surface area contributed by atoms with Crippen LogP contribution in [0.5, 0.6) is 0 Å². The van der Waals surface area contributed by atoms with Crippen molar-refractivity contribution in [1.82, 2.24) is 24.3 Å². The number of aliphatic hydroxyl groups is 1. The molecule has 0 radical (unpaired) electrons. The van der Waals surface area contributed by atoms with E-state index in [-0.39, 0.29) is 22.6 Å². The van der Waals surface area contributed by atoms with Crippen molar-refractivity contribution in [2.75, 3.05) is 5.32 Å². The van der Waals surface area contributed by atoms with Gasteiger partial charge in [0.2, 0.25) is 0 Å². The number of rotatable bonds is 4. The minimum absolute atomic E-state index is 0.0546. The fraction of sp³-hybridized carbons (Fsp3) is 0.111. The summed E-state index contributed by atoms with van der Waals surface area (Å²) in [5.41, 5.74) is -0.358. The second kappa shape index (κ2) is 6.89. The molecule has 0 saturated heterocycles. The van der Waals surface area contributed by atoms with Gasteiger partial charge in [-0.3, -0.25) is 9.97 Å². The van der Waals surface area contributed by atoms with Crippen LogP contribution in [-0.4, -0.2) is 29.4 Å². The van der Waals surface area contributed by atoms with Crippen LogP contribution in [-0.2, 0) is 6.18 Å². The van der Waals surface area contributed by atoms with Crippen molar-refractivity contribution < 1.29 is 18.3 Å². The van der Waals surface area contributed by atoms with Gasteiger partial charge in [0.15, 0.2) is 11.9 Å². The normalized spacial score (nSPS) is 12.9. The summed E-state index contributed by atoms with van der Waals surface area (Å²) >= 11 is 0. The lowest BCUT2D eigenvalue weighted by molar-refractivity contribution is -0.137. The summed E-state index contributed by atoms with van der Waals surface area (Å²) in [5, 5.41) is 13.2. The highest BCUT2D eigenvalue weighted by Crippen LogP contribution is 2.36. The molecule has 3 aromatic heterocycles. The van der Waals surface area contributed by atoms with Crippen LogP contribution < -0.4 is 5.32 Å². The maximum atomic E-state index is 13.3. The van der Waals surface area contributed by atoms with Crippen LogP contribution in [0.1, 0.15) is 17.5 Å². The van der Waals surface area contributed by atoms with E-state index < -0.39 is 18.0 Å². The molecule has 28 heavy (non-hydrogen) atoms. The van der Waals surface area contributed by atoms with E-state index >= 15 is 0 Å². The molecule has 10 heteroatoms. The number of hydrogen-bond donors (Lipinski definition) is 2. The average molecular weight is 386 g/mol. The van der Waals surface area contributed by atoms with Gasteiger partial charge in [0.05, 0.1) is 17.5 Å². The summed E-state index contributed by atoms with van der Waals surface area (Å²) in [5.74, 6) is 0.313. The lowest BCUT2D eigenvalue weighted by Crippen LogP contribution is -2.14. The second-order valence-corrected chi connectivity index (χ2v) is 5.85. The van der Waals surface area contributed by atoms with E-state index in [1.807, 2.05) is 0 Å². The molecular weight excluding hydrogens is 373 g/mol. The van der Waals surface area contributed by atoms with Crippen molar-refractivity contribution >= 4 is 11.5 Å². The number of fused-ring (bicyclic) bond motifs is 1. The number of benzene rings is 1. The van der Waals surface area contributed by atoms with E-state index in [0.717, 1.165) is 6.07 Å². The first-order chi connectivity index (χ1) is 13.4. The topological polar surface area (TPSA) is 88.2 Å². The Hall–Kier alpha value is -3.53. The number of aliphatic hydroxyl groups excluding tert-OH is 1. The molecule has 2 N–H and O–H groups in total. The number of aromatic nitrogens is 5. The van der Waals surface area contributed by atoms with Crippen LogP contribution in [0.2, 0.25) is 0 Å². The van der Waals surface area contributed by atoms with Gasteiger partial charge in [-0.2, -0.15) is 13.2 Å². The van der Waals surface area contributed by atoms with Crippen molar-refractivity contribution in [1.29, 1.82) is 0 Å². The van der Waals surface area contributed by atoms with E-state index in [1.54, 1.807) is 6.20 Å². The maximum absolute atomic E-state index is 13.3. The molecule has 7 nitrogen and oxygen atoms in total. The molecule has 0 aliphatic carbocycles. The zero-order valence-electron chi connectivity index (χ0n) is 14.2. The van der Waals surface area contributed by atoms with Gasteiger partial charge in [0.25, 0.3) is 0 Å². The molecule has 0 aliphatic rings. The Labute approximate surface area is 156 Å². The molecular formula is C18H13F3N6O. The van der Waals surface area contributed by atoms with Gasteiger partial charge in [0, 0.05) is 36.5 Å². The lowest BCUT2D eigenvalue weighted by Gasteiger charge is -2.12. The minimum atomic E-state index is -4.51. The third-order valence-electron chi connectivity index (χ3n) is 4.02. The molecule has 0 bridgehead atoms. The second-order valence-electron chi connectivity index (χ2n) is 5.85. The largest absolute Gasteiger partial charge is 0.417 e. The Morgan fingerprint density at radius 2 is 1.89 bits per heavy atom. The Bertz CT molecular complexity index is 1110. The molecule has 0 spiro atoms. The van der Waals surface area contributed by atoms with Gasteiger partial charge in [-0.15, -0.1) is 0 Å². The third-order valence-corrected chi connectivity index (χ3v) is 4.02. The van der Waals surface area contributed by atoms with E-state index in [0.29, 0.717) is 5.82 Å². The average Bonchev–Trinajstić information content (AvgIpc) is 3.12. The predicted molar refractivity (Wildman–Crippen MR) is 94.0 cm³/mol. The summed E-state index contributed by atoms with van der Waals surface area (Å²) < 4.78 is 41.5. The predicted octanol–water partition coefficient (Wildman–Crippen LogP) is 3.31. The van der Waals surface area contributed by atoms with Gasteiger partial charge in [0.1, 0.15) is 11.5 Å². The molecule has 0 saturated carbocycles. The molecule has 1 atom stereocenters. The third kappa shape index (κ3) is 3.37. The van der Waals surface area contributed by atoms with Crippen molar-refractivity contribution in [3.63, 3.8) is 0 Å². The Kier molecular flexibility index (Phi) is 4.40. The Morgan fingerprint density at radius 3 is 2.64 bits per heavy atom. The lowest BCUT2D eigenvalue weighted by atomic mass is 10.1. The standard InChI is InChI=1S/C18H13F3N6O/c19-18(20,21)12-4-2-1-3-11(12)13-10-27-8-7-24-15(16(27)25-13)17(28)26-14-9-22-5-6-23-14/h1-10,17,28H,(H,23,26). The van der Waals surface area contributed by atoms with Crippen LogP contribution in [0.3, 0.4) is 0 Å². The van der Waals surface area contributed by atoms with Crippen molar-refractivity contribution in [2.45, 2.75) is 12.4 Å². The quantitative estimate of drug-likeness (QED) is 0.523.